The molecule has 0 saturated carbocycles. The molecule has 55 heavy (non-hydrogen) atoms. The highest BCUT2D eigenvalue weighted by Gasteiger charge is 2.52. The zero-order chi connectivity index (χ0) is 41.0. The first kappa shape index (κ1) is 47.0. The van der Waals surface area contributed by atoms with Gasteiger partial charge in [-0.15, -0.1) is 0 Å². The first-order valence-corrected chi connectivity index (χ1v) is 18.1. The molecule has 22 heteroatoms. The summed E-state index contributed by atoms with van der Waals surface area (Å²) in [6, 6.07) is 0. The van der Waals surface area contributed by atoms with E-state index < -0.39 is 130 Å². The summed E-state index contributed by atoms with van der Waals surface area (Å²) in [6.45, 7) is 0.913. The van der Waals surface area contributed by atoms with Gasteiger partial charge in [0.05, 0.1) is 33.0 Å². The van der Waals surface area contributed by atoms with Crippen molar-refractivity contribution >= 4 is 23.4 Å². The molecule has 0 spiro atoms. The zero-order valence-corrected chi connectivity index (χ0v) is 30.6. The zero-order valence-electron chi connectivity index (χ0n) is 30.6. The quantitative estimate of drug-likeness (QED) is 0.0480. The first-order chi connectivity index (χ1) is 26.0. The van der Waals surface area contributed by atoms with E-state index in [0.29, 0.717) is 6.54 Å². The van der Waals surface area contributed by atoms with Crippen molar-refractivity contribution in [2.75, 3.05) is 39.5 Å². The van der Waals surface area contributed by atoms with Crippen LogP contribution in [0.25, 0.3) is 0 Å². The van der Waals surface area contributed by atoms with E-state index in [4.69, 9.17) is 28.4 Å². The number of amides is 2. The molecule has 22 nitrogen and oxygen atoms in total. The molecule has 3 aliphatic rings. The van der Waals surface area contributed by atoms with Gasteiger partial charge in [0, 0.05) is 38.1 Å². The number of carbonyl (C=O) groups is 4. The van der Waals surface area contributed by atoms with Gasteiger partial charge in [-0.05, 0) is 13.3 Å². The molecule has 318 valence electrons. The Morgan fingerprint density at radius 3 is 1.80 bits per heavy atom. The number of nitrogens with one attached hydrogen (secondary N) is 2. The lowest BCUT2D eigenvalue weighted by molar-refractivity contribution is -0.366. The number of hydrogen-bond donors (Lipinski definition) is 12. The Balaban J connectivity index is 1.58. The van der Waals surface area contributed by atoms with Crippen LogP contribution in [-0.4, -0.2) is 206 Å². The van der Waals surface area contributed by atoms with Crippen LogP contribution < -0.4 is 10.6 Å². The van der Waals surface area contributed by atoms with E-state index in [2.05, 4.69) is 10.6 Å². The molecule has 3 aliphatic heterocycles. The van der Waals surface area contributed by atoms with Crippen molar-refractivity contribution in [3.05, 3.63) is 0 Å². The van der Waals surface area contributed by atoms with Crippen LogP contribution in [0, 0.1) is 5.92 Å². The molecule has 0 unspecified atom stereocenters. The third kappa shape index (κ3) is 13.1. The van der Waals surface area contributed by atoms with Gasteiger partial charge in [0.25, 0.3) is 0 Å². The van der Waals surface area contributed by atoms with Gasteiger partial charge in [0.1, 0.15) is 79.0 Å². The predicted octanol–water partition coefficient (Wildman–Crippen LogP) is -6.57. The van der Waals surface area contributed by atoms with E-state index in [9.17, 15) is 70.2 Å². The summed E-state index contributed by atoms with van der Waals surface area (Å²) in [5.74, 6) is -2.22. The van der Waals surface area contributed by atoms with Crippen LogP contribution in [0.4, 0.5) is 0 Å². The van der Waals surface area contributed by atoms with E-state index in [1.165, 1.54) is 6.92 Å². The molecule has 0 radical (unpaired) electrons. The minimum atomic E-state index is -1.92. The molecular formula is C33H56N2O20. The summed E-state index contributed by atoms with van der Waals surface area (Å²) in [7, 11) is 0. The number of ether oxygens (including phenoxy) is 6. The average Bonchev–Trinajstić information content (AvgIpc) is 3.16. The van der Waals surface area contributed by atoms with Crippen molar-refractivity contribution in [2.45, 2.75) is 138 Å². The largest absolute Gasteiger partial charge is 0.394 e. The molecule has 3 saturated heterocycles. The van der Waals surface area contributed by atoms with Crippen LogP contribution >= 0.6 is 0 Å². The van der Waals surface area contributed by atoms with E-state index in [1.54, 1.807) is 6.92 Å². The van der Waals surface area contributed by atoms with E-state index in [0.717, 1.165) is 0 Å². The van der Waals surface area contributed by atoms with E-state index in [-0.39, 0.29) is 56.9 Å². The first-order valence-electron chi connectivity index (χ1n) is 18.1. The Labute approximate surface area is 316 Å². The number of hydrogen-bond acceptors (Lipinski definition) is 20. The van der Waals surface area contributed by atoms with Crippen molar-refractivity contribution in [1.82, 2.24) is 10.6 Å². The second-order valence-corrected chi connectivity index (χ2v) is 13.7. The molecule has 3 fully saturated rings. The molecule has 3 rings (SSSR count). The highest BCUT2D eigenvalue weighted by molar-refractivity contribution is 5.91. The molecule has 12 N–H and O–H groups in total. The van der Waals surface area contributed by atoms with Crippen LogP contribution in [0.3, 0.4) is 0 Å². The lowest BCUT2D eigenvalue weighted by atomic mass is 9.96. The molecule has 3 heterocycles. The SMILES string of the molecule is CCNC(=O)CCC(=O)C[C@@H](C)C(=O)NCC(=O)CCCO[C@H]1O[C@H](CO[C@H]2O[C@H](CO)[C@@H](O)[C@H](O)[C@@H]2O)[C@@H](O)[C@H](O[C@H]2O[C@H](CO)[C@@H](O)[C@H](O)[C@@H]2O)[C@@H]1O. The number of aliphatic hydroxyl groups excluding tert-OH is 10. The summed E-state index contributed by atoms with van der Waals surface area (Å²) in [4.78, 5) is 48.6. The predicted molar refractivity (Wildman–Crippen MR) is 179 cm³/mol. The van der Waals surface area contributed by atoms with Crippen molar-refractivity contribution in [3.8, 4) is 0 Å². The second kappa shape index (κ2) is 22.5. The topological polar surface area (TPSA) is 350 Å². The van der Waals surface area contributed by atoms with Crippen molar-refractivity contribution in [1.29, 1.82) is 0 Å². The van der Waals surface area contributed by atoms with Gasteiger partial charge in [0.2, 0.25) is 11.8 Å². The number of Topliss-reactive ketones (excluding diaryl/α,β-unsaturated/α-hetero) is 2. The molecule has 0 aromatic carbocycles. The smallest absolute Gasteiger partial charge is 0.223 e. The summed E-state index contributed by atoms with van der Waals surface area (Å²) < 4.78 is 33.2. The number of ketones is 2. The minimum absolute atomic E-state index is 0.00753. The highest BCUT2D eigenvalue weighted by Crippen LogP contribution is 2.31. The van der Waals surface area contributed by atoms with E-state index in [1.807, 2.05) is 0 Å². The Bertz CT molecular complexity index is 1230. The van der Waals surface area contributed by atoms with Crippen LogP contribution in [0.15, 0.2) is 0 Å². The fourth-order valence-electron chi connectivity index (χ4n) is 6.06. The molecule has 2 amide bonds. The second-order valence-electron chi connectivity index (χ2n) is 13.7. The minimum Gasteiger partial charge on any atom is -0.394 e. The van der Waals surface area contributed by atoms with Crippen molar-refractivity contribution in [2.24, 2.45) is 5.92 Å². The maximum Gasteiger partial charge on any atom is 0.223 e. The molecule has 0 bridgehead atoms. The van der Waals surface area contributed by atoms with Crippen molar-refractivity contribution < 1.29 is 98.7 Å². The van der Waals surface area contributed by atoms with Crippen molar-refractivity contribution in [3.63, 3.8) is 0 Å². The normalized spacial score (nSPS) is 37.2. The average molecular weight is 801 g/mol. The van der Waals surface area contributed by atoms with Gasteiger partial charge in [-0.25, -0.2) is 0 Å². The van der Waals surface area contributed by atoms with Gasteiger partial charge >= 0.3 is 0 Å². The van der Waals surface area contributed by atoms with E-state index >= 15 is 0 Å². The van der Waals surface area contributed by atoms with Crippen LogP contribution in [0.2, 0.25) is 0 Å². The fraction of sp³-hybridized carbons (Fsp3) is 0.879. The van der Waals surface area contributed by atoms with Crippen LogP contribution in [0.5, 0.6) is 0 Å². The molecule has 0 aliphatic carbocycles. The Morgan fingerprint density at radius 2 is 1.20 bits per heavy atom. The third-order valence-corrected chi connectivity index (χ3v) is 9.38. The third-order valence-electron chi connectivity index (χ3n) is 9.38. The lowest BCUT2D eigenvalue weighted by Crippen LogP contribution is -2.65. The van der Waals surface area contributed by atoms with Crippen LogP contribution in [0.1, 0.15) is 46.0 Å². The standard InChI is InChI=1S/C33H56N2O20/c1-3-34-20(40)7-6-15(38)9-14(2)30(49)35-10-16(39)5-4-8-50-32-28(48)29(55-33-27(47)25(45)22(42)18(12-37)53-33)23(43)19(54-32)13-51-31-26(46)24(44)21(41)17(11-36)52-31/h14,17-19,21-29,31-33,36-37,41-48H,3-13H2,1-2H3,(H,34,40)(H,35,49)/t14-,17-,18-,19-,21-,22-,23-,24+,25+,26+,27+,28+,29+,31+,32+,33-/m1/s1. The Hall–Kier alpha value is -2.36. The fourth-order valence-corrected chi connectivity index (χ4v) is 6.06. The summed E-state index contributed by atoms with van der Waals surface area (Å²) in [5.41, 5.74) is 0. The Morgan fingerprint density at radius 1 is 0.636 bits per heavy atom. The van der Waals surface area contributed by atoms with Gasteiger partial charge in [-0.1, -0.05) is 6.92 Å². The molecular weight excluding hydrogens is 744 g/mol. The summed E-state index contributed by atoms with van der Waals surface area (Å²) in [6.07, 6.45) is -25.6. The van der Waals surface area contributed by atoms with Gasteiger partial charge in [0.15, 0.2) is 24.7 Å². The maximum atomic E-state index is 12.5. The summed E-state index contributed by atoms with van der Waals surface area (Å²) in [5, 5.41) is 108. The number of carbonyl (C=O) groups excluding carboxylic acids is 4. The number of rotatable bonds is 21. The molecule has 0 aromatic heterocycles. The monoisotopic (exact) mass is 800 g/mol. The number of aliphatic hydroxyl groups is 10. The Kier molecular flexibility index (Phi) is 19.3. The highest BCUT2D eigenvalue weighted by atomic mass is 16.7. The maximum absolute atomic E-state index is 12.5. The lowest BCUT2D eigenvalue weighted by Gasteiger charge is -2.46. The van der Waals surface area contributed by atoms with Crippen LogP contribution in [-0.2, 0) is 47.6 Å². The van der Waals surface area contributed by atoms with Gasteiger partial charge in [-0.2, -0.15) is 0 Å². The molecule has 0 aromatic rings. The summed E-state index contributed by atoms with van der Waals surface area (Å²) >= 11 is 0. The van der Waals surface area contributed by atoms with Gasteiger partial charge < -0.3 is 90.1 Å². The molecule has 16 atom stereocenters. The van der Waals surface area contributed by atoms with Gasteiger partial charge in [-0.3, -0.25) is 19.2 Å².